The summed E-state index contributed by atoms with van der Waals surface area (Å²) in [5.74, 6) is -0.675. The fourth-order valence-electron chi connectivity index (χ4n) is 1.55. The highest BCUT2D eigenvalue weighted by Crippen LogP contribution is 2.08. The molecule has 0 aliphatic carbocycles. The molecule has 0 radical (unpaired) electrons. The van der Waals surface area contributed by atoms with Gasteiger partial charge in [-0.15, -0.1) is 0 Å². The first-order valence-corrected chi connectivity index (χ1v) is 5.73. The predicted molar refractivity (Wildman–Crippen MR) is 65.5 cm³/mol. The molecule has 0 fully saturated rings. The van der Waals surface area contributed by atoms with Gasteiger partial charge in [-0.1, -0.05) is 12.1 Å². The van der Waals surface area contributed by atoms with Gasteiger partial charge < -0.3 is 15.2 Å². The Kier molecular flexibility index (Phi) is 5.74. The fourth-order valence-corrected chi connectivity index (χ4v) is 1.55. The maximum Gasteiger partial charge on any atom is 0.308 e. The Balaban J connectivity index is 2.32. The van der Waals surface area contributed by atoms with Crippen LogP contribution in [0, 0.1) is 12.7 Å². The lowest BCUT2D eigenvalue weighted by Gasteiger charge is -2.11. The van der Waals surface area contributed by atoms with Crippen molar-refractivity contribution in [3.8, 4) is 0 Å². The van der Waals surface area contributed by atoms with Crippen LogP contribution in [0.15, 0.2) is 18.2 Å². The molecule has 0 saturated carbocycles. The van der Waals surface area contributed by atoms with Gasteiger partial charge in [0, 0.05) is 13.1 Å². The first-order valence-electron chi connectivity index (χ1n) is 5.73. The van der Waals surface area contributed by atoms with E-state index in [9.17, 15) is 14.3 Å². The van der Waals surface area contributed by atoms with Gasteiger partial charge in [-0.05, 0) is 24.1 Å². The number of benzene rings is 1. The van der Waals surface area contributed by atoms with Gasteiger partial charge in [0.2, 0.25) is 0 Å². The second-order valence-corrected chi connectivity index (χ2v) is 4.15. The minimum atomic E-state index is -0.779. The summed E-state index contributed by atoms with van der Waals surface area (Å²) >= 11 is 0. The van der Waals surface area contributed by atoms with Crippen molar-refractivity contribution in [2.45, 2.75) is 26.0 Å². The van der Waals surface area contributed by atoms with Crippen molar-refractivity contribution in [2.24, 2.45) is 0 Å². The van der Waals surface area contributed by atoms with E-state index in [1.165, 1.54) is 13.2 Å². The molecule has 0 heterocycles. The maximum absolute atomic E-state index is 13.0. The Bertz CT molecular complexity index is 409. The fraction of sp³-hybridized carbons (Fsp3) is 0.462. The molecule has 5 heteroatoms. The maximum atomic E-state index is 13.0. The molecule has 1 aromatic carbocycles. The van der Waals surface area contributed by atoms with Crippen molar-refractivity contribution in [1.82, 2.24) is 5.32 Å². The SMILES string of the molecule is COC(=O)CC(O)CNCc1ccc(F)c(C)c1. The van der Waals surface area contributed by atoms with Crippen LogP contribution in [0.1, 0.15) is 17.5 Å². The molecule has 0 spiro atoms. The van der Waals surface area contributed by atoms with Crippen molar-refractivity contribution in [3.05, 3.63) is 35.1 Å². The number of esters is 1. The summed E-state index contributed by atoms with van der Waals surface area (Å²) < 4.78 is 17.5. The van der Waals surface area contributed by atoms with Crippen molar-refractivity contribution < 1.29 is 19.0 Å². The van der Waals surface area contributed by atoms with Crippen LogP contribution in [0.25, 0.3) is 0 Å². The van der Waals surface area contributed by atoms with Crippen LogP contribution < -0.4 is 5.32 Å². The van der Waals surface area contributed by atoms with Gasteiger partial charge >= 0.3 is 5.97 Å². The van der Waals surface area contributed by atoms with Gasteiger partial charge in [0.15, 0.2) is 0 Å². The molecule has 0 aliphatic heterocycles. The van der Waals surface area contributed by atoms with E-state index in [4.69, 9.17) is 0 Å². The summed E-state index contributed by atoms with van der Waals surface area (Å²) in [5, 5.41) is 12.5. The zero-order chi connectivity index (χ0) is 13.5. The average Bonchev–Trinajstić information content (AvgIpc) is 2.33. The van der Waals surface area contributed by atoms with E-state index in [0.717, 1.165) is 5.56 Å². The Morgan fingerprint density at radius 1 is 1.56 bits per heavy atom. The van der Waals surface area contributed by atoms with E-state index in [1.54, 1.807) is 19.1 Å². The first kappa shape index (κ1) is 14.6. The van der Waals surface area contributed by atoms with Crippen LogP contribution in [0.2, 0.25) is 0 Å². The van der Waals surface area contributed by atoms with Crippen molar-refractivity contribution in [2.75, 3.05) is 13.7 Å². The van der Waals surface area contributed by atoms with Crippen LogP contribution in [-0.4, -0.2) is 30.8 Å². The zero-order valence-electron chi connectivity index (χ0n) is 10.6. The van der Waals surface area contributed by atoms with Gasteiger partial charge in [-0.3, -0.25) is 4.79 Å². The summed E-state index contributed by atoms with van der Waals surface area (Å²) in [7, 11) is 1.28. The smallest absolute Gasteiger partial charge is 0.308 e. The largest absolute Gasteiger partial charge is 0.469 e. The normalized spacial score (nSPS) is 12.2. The standard InChI is InChI=1S/C13H18FNO3/c1-9-5-10(3-4-12(9)14)7-15-8-11(16)6-13(17)18-2/h3-5,11,15-16H,6-8H2,1-2H3. The summed E-state index contributed by atoms with van der Waals surface area (Å²) in [6.45, 7) is 2.50. The van der Waals surface area contributed by atoms with Crippen LogP contribution in [-0.2, 0) is 16.1 Å². The second-order valence-electron chi connectivity index (χ2n) is 4.15. The Labute approximate surface area is 106 Å². The highest BCUT2D eigenvalue weighted by molar-refractivity contribution is 5.69. The zero-order valence-corrected chi connectivity index (χ0v) is 10.6. The van der Waals surface area contributed by atoms with Crippen molar-refractivity contribution in [1.29, 1.82) is 0 Å². The molecule has 100 valence electrons. The molecular formula is C13H18FNO3. The number of nitrogens with one attached hydrogen (secondary N) is 1. The van der Waals surface area contributed by atoms with Gasteiger partial charge in [-0.2, -0.15) is 0 Å². The molecule has 0 aliphatic rings. The van der Waals surface area contributed by atoms with E-state index in [1.807, 2.05) is 0 Å². The van der Waals surface area contributed by atoms with Crippen LogP contribution >= 0.6 is 0 Å². The average molecular weight is 255 g/mol. The number of aliphatic hydroxyl groups is 1. The monoisotopic (exact) mass is 255 g/mol. The summed E-state index contributed by atoms with van der Waals surface area (Å²) in [5.41, 5.74) is 1.52. The topological polar surface area (TPSA) is 58.6 Å². The number of carbonyl (C=O) groups excluding carboxylic acids is 1. The third-order valence-electron chi connectivity index (χ3n) is 2.56. The van der Waals surface area contributed by atoms with E-state index in [-0.39, 0.29) is 18.8 Å². The highest BCUT2D eigenvalue weighted by atomic mass is 19.1. The number of aryl methyl sites for hydroxylation is 1. The number of hydrogen-bond acceptors (Lipinski definition) is 4. The van der Waals surface area contributed by atoms with Gasteiger partial charge in [-0.25, -0.2) is 4.39 Å². The Morgan fingerprint density at radius 2 is 2.28 bits per heavy atom. The lowest BCUT2D eigenvalue weighted by molar-refractivity contribution is -0.142. The minimum Gasteiger partial charge on any atom is -0.469 e. The number of rotatable bonds is 6. The molecule has 4 nitrogen and oxygen atoms in total. The Hall–Kier alpha value is -1.46. The van der Waals surface area contributed by atoms with E-state index in [2.05, 4.69) is 10.1 Å². The van der Waals surface area contributed by atoms with Gasteiger partial charge in [0.1, 0.15) is 5.82 Å². The van der Waals surface area contributed by atoms with E-state index < -0.39 is 12.1 Å². The number of methoxy groups -OCH3 is 1. The second kappa shape index (κ2) is 7.08. The number of halogens is 1. The van der Waals surface area contributed by atoms with Crippen molar-refractivity contribution >= 4 is 5.97 Å². The third kappa shape index (κ3) is 4.81. The molecule has 2 N–H and O–H groups in total. The van der Waals surface area contributed by atoms with Gasteiger partial charge in [0.25, 0.3) is 0 Å². The lowest BCUT2D eigenvalue weighted by atomic mass is 10.1. The van der Waals surface area contributed by atoms with Crippen molar-refractivity contribution in [3.63, 3.8) is 0 Å². The minimum absolute atomic E-state index is 0.0358. The van der Waals surface area contributed by atoms with Crippen LogP contribution in [0.4, 0.5) is 4.39 Å². The quantitative estimate of drug-likeness (QED) is 0.749. The number of ether oxygens (including phenoxy) is 1. The lowest BCUT2D eigenvalue weighted by Crippen LogP contribution is -2.28. The van der Waals surface area contributed by atoms with Crippen LogP contribution in [0.3, 0.4) is 0 Å². The van der Waals surface area contributed by atoms with E-state index in [0.29, 0.717) is 12.1 Å². The van der Waals surface area contributed by atoms with Gasteiger partial charge in [0.05, 0.1) is 19.6 Å². The molecule has 0 saturated heterocycles. The molecule has 0 bridgehead atoms. The number of hydrogen-bond donors (Lipinski definition) is 2. The van der Waals surface area contributed by atoms with E-state index >= 15 is 0 Å². The molecule has 1 aromatic rings. The number of carbonyl (C=O) groups is 1. The van der Waals surface area contributed by atoms with Crippen LogP contribution in [0.5, 0.6) is 0 Å². The Morgan fingerprint density at radius 3 is 2.89 bits per heavy atom. The highest BCUT2D eigenvalue weighted by Gasteiger charge is 2.10. The third-order valence-corrected chi connectivity index (χ3v) is 2.56. The molecule has 1 atom stereocenters. The first-order chi connectivity index (χ1) is 8.52. The molecule has 0 aromatic heterocycles. The molecule has 0 amide bonds. The molecular weight excluding hydrogens is 237 g/mol. The number of aliphatic hydroxyl groups excluding tert-OH is 1. The molecule has 18 heavy (non-hydrogen) atoms. The predicted octanol–water partition coefficient (Wildman–Crippen LogP) is 1.15. The molecule has 1 rings (SSSR count). The summed E-state index contributed by atoms with van der Waals surface area (Å²) in [6, 6.07) is 4.84. The summed E-state index contributed by atoms with van der Waals surface area (Å²) in [4.78, 5) is 10.9. The summed E-state index contributed by atoms with van der Waals surface area (Å²) in [6.07, 6.45) is -0.814. The molecule has 1 unspecified atom stereocenters.